The van der Waals surface area contributed by atoms with Crippen LogP contribution in [0.25, 0.3) is 10.1 Å². The number of benzene rings is 2. The fourth-order valence-electron chi connectivity index (χ4n) is 7.22. The summed E-state index contributed by atoms with van der Waals surface area (Å²) in [7, 11) is 1.26. The van der Waals surface area contributed by atoms with Gasteiger partial charge in [0.25, 0.3) is 5.91 Å². The molecular weight excluding hydrogens is 670 g/mol. The second-order valence-electron chi connectivity index (χ2n) is 13.0. The highest BCUT2D eigenvalue weighted by atomic mass is 32.1. The normalized spacial score (nSPS) is 20.8. The van der Waals surface area contributed by atoms with E-state index in [9.17, 15) is 31.1 Å². The molecule has 0 bridgehead atoms. The van der Waals surface area contributed by atoms with E-state index < -0.39 is 42.2 Å². The number of likely N-dealkylation sites (tertiary alicyclic amines) is 1. The lowest BCUT2D eigenvalue weighted by atomic mass is 9.71. The van der Waals surface area contributed by atoms with Crippen LogP contribution < -0.4 is 20.7 Å². The van der Waals surface area contributed by atoms with Gasteiger partial charge in [-0.25, -0.2) is 4.39 Å². The molecule has 3 fully saturated rings. The molecule has 3 N–H and O–H groups in total. The molecule has 1 saturated carbocycles. The molecule has 2 saturated heterocycles. The van der Waals surface area contributed by atoms with E-state index in [1.807, 2.05) is 6.07 Å². The summed E-state index contributed by atoms with van der Waals surface area (Å²) in [6.07, 6.45) is 0.693. The molecule has 1 aliphatic carbocycles. The predicted octanol–water partition coefficient (Wildman–Crippen LogP) is 7.41. The van der Waals surface area contributed by atoms with Crippen LogP contribution in [0.5, 0.6) is 5.75 Å². The van der Waals surface area contributed by atoms with Gasteiger partial charge in [0, 0.05) is 56.9 Å². The van der Waals surface area contributed by atoms with Crippen LogP contribution in [0.3, 0.4) is 0 Å². The van der Waals surface area contributed by atoms with Gasteiger partial charge in [-0.1, -0.05) is 24.0 Å². The monoisotopic (exact) mass is 708 g/mol. The summed E-state index contributed by atoms with van der Waals surface area (Å²) in [6, 6.07) is 7.73. The number of rotatable bonds is 9. The third-order valence-electron chi connectivity index (χ3n) is 9.72. The van der Waals surface area contributed by atoms with Gasteiger partial charge >= 0.3 is 12.8 Å². The second-order valence-corrected chi connectivity index (χ2v) is 14.0. The Morgan fingerprint density at radius 2 is 1.86 bits per heavy atom. The van der Waals surface area contributed by atoms with Crippen molar-refractivity contribution < 1.29 is 40.6 Å². The van der Waals surface area contributed by atoms with Crippen LogP contribution in [-0.4, -0.2) is 75.6 Å². The predicted molar refractivity (Wildman–Crippen MR) is 177 cm³/mol. The van der Waals surface area contributed by atoms with Crippen LogP contribution in [0.1, 0.15) is 59.3 Å². The molecule has 6 rings (SSSR count). The minimum atomic E-state index is -4.48. The van der Waals surface area contributed by atoms with Crippen LogP contribution in [0.2, 0.25) is 0 Å². The number of amides is 1. The standard InChI is InChI=1S/C35H38F6N4O3S/c1-42-32(46)24-16-29(48-33(37)38)28(17-26(24)36)43-13-3-6-30-25(18-35(39,40)41)23-4-2-5-27(31(23)49-30)44-21-7-9-22(10-8-21)45-19-34(20-45)11-14-47-15-12-34/h2,4-5,16-17,21-22,33,43-44H,7-15,18-20H2,1H3,(H,42,46). The van der Waals surface area contributed by atoms with Crippen molar-refractivity contribution in [3.63, 3.8) is 0 Å². The van der Waals surface area contributed by atoms with Crippen LogP contribution >= 0.6 is 11.3 Å². The van der Waals surface area contributed by atoms with E-state index in [2.05, 4.69) is 37.4 Å². The first-order valence-corrected chi connectivity index (χ1v) is 17.2. The molecule has 7 nitrogen and oxygen atoms in total. The van der Waals surface area contributed by atoms with Gasteiger partial charge < -0.3 is 25.4 Å². The second kappa shape index (κ2) is 14.7. The van der Waals surface area contributed by atoms with E-state index in [4.69, 9.17) is 4.74 Å². The van der Waals surface area contributed by atoms with Crippen molar-refractivity contribution in [1.29, 1.82) is 0 Å². The Balaban J connectivity index is 1.15. The van der Waals surface area contributed by atoms with Gasteiger partial charge in [0.2, 0.25) is 0 Å². The number of thiophene rings is 1. The fraction of sp³-hybridized carbons (Fsp3) is 0.514. The summed E-state index contributed by atoms with van der Waals surface area (Å²) in [5.74, 6) is 3.26. The number of carbonyl (C=O) groups excluding carboxylic acids is 1. The van der Waals surface area contributed by atoms with Crippen LogP contribution in [0.4, 0.5) is 37.7 Å². The summed E-state index contributed by atoms with van der Waals surface area (Å²) in [5, 5.41) is 8.97. The zero-order chi connectivity index (χ0) is 34.8. The van der Waals surface area contributed by atoms with Crippen molar-refractivity contribution in [3.8, 4) is 17.6 Å². The molecule has 3 heterocycles. The molecule has 14 heteroatoms. The number of nitrogens with one attached hydrogen (secondary N) is 3. The van der Waals surface area contributed by atoms with E-state index in [0.717, 1.165) is 82.6 Å². The average Bonchev–Trinajstić information content (AvgIpc) is 3.39. The SMILES string of the molecule is CNC(=O)c1cc(OC(F)F)c(NCC#Cc2sc3c(NC4CCC(N5CC6(CCOCC6)C5)CC4)cccc3c2CC(F)(F)F)cc1F. The minimum Gasteiger partial charge on any atom is -0.433 e. The lowest BCUT2D eigenvalue weighted by Crippen LogP contribution is -2.62. The minimum absolute atomic E-state index is 0.0647. The number of alkyl halides is 5. The largest absolute Gasteiger partial charge is 0.433 e. The number of ether oxygens (including phenoxy) is 2. The van der Waals surface area contributed by atoms with Crippen molar-refractivity contribution >= 4 is 38.7 Å². The summed E-state index contributed by atoms with van der Waals surface area (Å²) in [5.41, 5.74) is 0.579. The van der Waals surface area contributed by atoms with E-state index in [-0.39, 0.29) is 28.7 Å². The van der Waals surface area contributed by atoms with Crippen molar-refractivity contribution in [2.24, 2.45) is 5.41 Å². The molecule has 49 heavy (non-hydrogen) atoms. The van der Waals surface area contributed by atoms with Gasteiger partial charge in [0.05, 0.1) is 39.5 Å². The van der Waals surface area contributed by atoms with Gasteiger partial charge in [-0.15, -0.1) is 11.3 Å². The number of anilines is 2. The topological polar surface area (TPSA) is 74.9 Å². The molecule has 1 aromatic heterocycles. The Morgan fingerprint density at radius 1 is 1.12 bits per heavy atom. The van der Waals surface area contributed by atoms with Crippen LogP contribution in [0.15, 0.2) is 30.3 Å². The zero-order valence-electron chi connectivity index (χ0n) is 27.0. The lowest BCUT2D eigenvalue weighted by Gasteiger charge is -2.56. The molecule has 2 aromatic carbocycles. The molecule has 0 unspecified atom stereocenters. The number of carbonyl (C=O) groups is 1. The number of halogens is 6. The van der Waals surface area contributed by atoms with Crippen LogP contribution in [-0.2, 0) is 11.2 Å². The van der Waals surface area contributed by atoms with Gasteiger partial charge in [-0.3, -0.25) is 9.69 Å². The molecular formula is C35H38F6N4O3S. The third kappa shape index (κ3) is 8.22. The Kier molecular flexibility index (Phi) is 10.5. The highest BCUT2D eigenvalue weighted by molar-refractivity contribution is 7.20. The number of hydrogen-bond donors (Lipinski definition) is 3. The fourth-order valence-corrected chi connectivity index (χ4v) is 8.39. The summed E-state index contributed by atoms with van der Waals surface area (Å²) in [4.78, 5) is 14.8. The molecule has 0 radical (unpaired) electrons. The average molecular weight is 709 g/mol. The molecule has 1 amide bonds. The molecule has 2 aliphatic heterocycles. The molecule has 3 aromatic rings. The highest BCUT2D eigenvalue weighted by Crippen LogP contribution is 2.44. The van der Waals surface area contributed by atoms with E-state index in [1.54, 1.807) is 12.1 Å². The summed E-state index contributed by atoms with van der Waals surface area (Å²) in [6.45, 7) is 0.509. The number of nitrogens with zero attached hydrogens (tertiary/aromatic N) is 1. The first-order chi connectivity index (χ1) is 23.4. The Bertz CT molecular complexity index is 1710. The molecule has 264 valence electrons. The summed E-state index contributed by atoms with van der Waals surface area (Å²) >= 11 is 1.17. The van der Waals surface area contributed by atoms with Gasteiger partial charge in [0.15, 0.2) is 0 Å². The maximum Gasteiger partial charge on any atom is 0.393 e. The van der Waals surface area contributed by atoms with Crippen molar-refractivity contribution in [2.45, 2.75) is 69.8 Å². The first kappa shape index (κ1) is 35.2. The van der Waals surface area contributed by atoms with Crippen LogP contribution in [0, 0.1) is 23.1 Å². The molecule has 0 atom stereocenters. The Morgan fingerprint density at radius 3 is 2.53 bits per heavy atom. The number of hydrogen-bond acceptors (Lipinski definition) is 7. The number of fused-ring (bicyclic) bond motifs is 1. The lowest BCUT2D eigenvalue weighted by molar-refractivity contribution is -0.127. The van der Waals surface area contributed by atoms with E-state index >= 15 is 0 Å². The van der Waals surface area contributed by atoms with Gasteiger partial charge in [-0.05, 0) is 61.6 Å². The first-order valence-electron chi connectivity index (χ1n) is 16.4. The maximum absolute atomic E-state index is 14.6. The Labute approximate surface area is 284 Å². The summed E-state index contributed by atoms with van der Waals surface area (Å²) < 4.78 is 92.6. The van der Waals surface area contributed by atoms with E-state index in [1.165, 1.54) is 18.4 Å². The van der Waals surface area contributed by atoms with Crippen molar-refractivity contribution in [2.75, 3.05) is 50.5 Å². The quantitative estimate of drug-likeness (QED) is 0.159. The smallest absolute Gasteiger partial charge is 0.393 e. The van der Waals surface area contributed by atoms with Gasteiger partial charge in [0.1, 0.15) is 11.6 Å². The Hall–Kier alpha value is -3.67. The van der Waals surface area contributed by atoms with Crippen molar-refractivity contribution in [1.82, 2.24) is 10.2 Å². The maximum atomic E-state index is 14.6. The third-order valence-corrected chi connectivity index (χ3v) is 10.9. The van der Waals surface area contributed by atoms with Gasteiger partial charge in [-0.2, -0.15) is 22.0 Å². The highest BCUT2D eigenvalue weighted by Gasteiger charge is 2.46. The molecule has 1 spiro atoms. The zero-order valence-corrected chi connectivity index (χ0v) is 27.8. The van der Waals surface area contributed by atoms with E-state index in [0.29, 0.717) is 21.5 Å². The molecule has 3 aliphatic rings. The van der Waals surface area contributed by atoms with Crippen molar-refractivity contribution in [3.05, 3.63) is 52.2 Å².